The van der Waals surface area contributed by atoms with Gasteiger partial charge in [-0.1, -0.05) is 17.4 Å². The Morgan fingerprint density at radius 1 is 1.29 bits per heavy atom. The van der Waals surface area contributed by atoms with Gasteiger partial charge in [-0.3, -0.25) is 4.68 Å². The fraction of sp³-hybridized carbons (Fsp3) is 0.733. The molecule has 1 saturated heterocycles. The molecule has 8 nitrogen and oxygen atoms in total. The van der Waals surface area contributed by atoms with Crippen LogP contribution < -0.4 is 0 Å². The smallest absolute Gasteiger partial charge is 0.132 e. The first-order valence-corrected chi connectivity index (χ1v) is 9.00. The molecule has 1 aromatic heterocycles. The highest BCUT2D eigenvalue weighted by Gasteiger charge is 2.41. The predicted molar refractivity (Wildman–Crippen MR) is 89.3 cm³/mol. The number of hydrogen-bond donors (Lipinski definition) is 3. The van der Waals surface area contributed by atoms with Crippen LogP contribution in [0.4, 0.5) is 0 Å². The van der Waals surface area contributed by atoms with Crippen molar-refractivity contribution in [3.05, 3.63) is 24.0 Å². The first-order valence-electron chi connectivity index (χ1n) is 7.96. The van der Waals surface area contributed by atoms with E-state index >= 15 is 0 Å². The number of ether oxygens (including phenoxy) is 2. The predicted octanol–water partition coefficient (Wildman–Crippen LogP) is -0.0685. The second kappa shape index (κ2) is 9.50. The van der Waals surface area contributed by atoms with Gasteiger partial charge in [0.15, 0.2) is 0 Å². The van der Waals surface area contributed by atoms with E-state index in [1.165, 1.54) is 11.8 Å². The summed E-state index contributed by atoms with van der Waals surface area (Å²) in [5, 5.41) is 37.2. The number of thioether (sulfide) groups is 1. The average Bonchev–Trinajstić information content (AvgIpc) is 3.04. The van der Waals surface area contributed by atoms with Crippen LogP contribution in [0.5, 0.6) is 0 Å². The van der Waals surface area contributed by atoms with Gasteiger partial charge in [0.05, 0.1) is 25.5 Å². The molecule has 1 fully saturated rings. The van der Waals surface area contributed by atoms with Gasteiger partial charge in [0, 0.05) is 12.3 Å². The molecule has 0 radical (unpaired) electrons. The lowest BCUT2D eigenvalue weighted by Crippen LogP contribution is -2.55. The van der Waals surface area contributed by atoms with Crippen LogP contribution in [0.1, 0.15) is 19.5 Å². The topological polar surface area (TPSA) is 110 Å². The summed E-state index contributed by atoms with van der Waals surface area (Å²) >= 11 is 1.36. The molecule has 0 amide bonds. The van der Waals surface area contributed by atoms with Crippen molar-refractivity contribution >= 4 is 11.8 Å². The maximum absolute atomic E-state index is 9.90. The van der Waals surface area contributed by atoms with E-state index in [1.807, 2.05) is 25.3 Å². The minimum atomic E-state index is -1.19. The summed E-state index contributed by atoms with van der Waals surface area (Å²) in [5.74, 6) is 0.604. The van der Waals surface area contributed by atoms with Crippen molar-refractivity contribution in [2.45, 2.75) is 56.9 Å². The molecule has 1 aliphatic heterocycles. The highest BCUT2D eigenvalue weighted by atomic mass is 32.2. The van der Waals surface area contributed by atoms with Crippen molar-refractivity contribution in [2.24, 2.45) is 0 Å². The van der Waals surface area contributed by atoms with Crippen molar-refractivity contribution in [2.75, 3.05) is 12.4 Å². The first-order chi connectivity index (χ1) is 11.5. The summed E-state index contributed by atoms with van der Waals surface area (Å²) in [5.41, 5.74) is 0.230. The molecule has 0 spiro atoms. The molecule has 2 heterocycles. The van der Waals surface area contributed by atoms with Gasteiger partial charge in [-0.05, 0) is 13.8 Å². The van der Waals surface area contributed by atoms with Crippen molar-refractivity contribution in [3.8, 4) is 0 Å². The number of nitrogens with zero attached hydrogens (tertiary/aromatic N) is 3. The van der Waals surface area contributed by atoms with Crippen LogP contribution in [0.2, 0.25) is 0 Å². The molecular formula is C15H25N3O5S. The van der Waals surface area contributed by atoms with Crippen LogP contribution in [-0.2, 0) is 22.6 Å². The van der Waals surface area contributed by atoms with Gasteiger partial charge in [0.25, 0.3) is 0 Å². The minimum absolute atomic E-state index is 0.406. The summed E-state index contributed by atoms with van der Waals surface area (Å²) in [6.45, 7) is 5.30. The van der Waals surface area contributed by atoms with E-state index < -0.39 is 29.9 Å². The fourth-order valence-corrected chi connectivity index (χ4v) is 3.28. The number of aryl methyl sites for hydroxylation is 1. The normalized spacial score (nSPS) is 31.0. The zero-order valence-corrected chi connectivity index (χ0v) is 14.7. The summed E-state index contributed by atoms with van der Waals surface area (Å²) in [6, 6.07) is 0. The second-order valence-corrected chi connectivity index (χ2v) is 6.70. The number of aliphatic hydroxyl groups excluding tert-OH is 3. The Kier molecular flexibility index (Phi) is 7.66. The Morgan fingerprint density at radius 2 is 2.08 bits per heavy atom. The van der Waals surface area contributed by atoms with Gasteiger partial charge in [-0.15, -0.1) is 16.9 Å². The quantitative estimate of drug-likeness (QED) is 0.437. The summed E-state index contributed by atoms with van der Waals surface area (Å²) in [7, 11) is 0. The van der Waals surface area contributed by atoms with Crippen LogP contribution in [-0.4, -0.2) is 72.5 Å². The summed E-state index contributed by atoms with van der Waals surface area (Å²) < 4.78 is 12.7. The Balaban J connectivity index is 1.62. The molecular weight excluding hydrogens is 334 g/mol. The number of aromatic nitrogens is 3. The Morgan fingerprint density at radius 3 is 2.79 bits per heavy atom. The monoisotopic (exact) mass is 359 g/mol. The molecule has 0 bridgehead atoms. The van der Waals surface area contributed by atoms with E-state index in [9.17, 15) is 15.3 Å². The molecule has 24 heavy (non-hydrogen) atoms. The van der Waals surface area contributed by atoms with Crippen LogP contribution in [0.15, 0.2) is 18.3 Å². The molecule has 1 aliphatic rings. The number of rotatable bonds is 8. The molecule has 5 atom stereocenters. The van der Waals surface area contributed by atoms with E-state index in [4.69, 9.17) is 9.47 Å². The summed E-state index contributed by atoms with van der Waals surface area (Å²) in [4.78, 5) is 0. The van der Waals surface area contributed by atoms with Crippen LogP contribution in [0.25, 0.3) is 0 Å². The molecule has 0 aromatic carbocycles. The molecule has 136 valence electrons. The zero-order valence-electron chi connectivity index (χ0n) is 13.9. The molecule has 0 saturated carbocycles. The fourth-order valence-electron chi connectivity index (χ4n) is 2.23. The average molecular weight is 359 g/mol. The van der Waals surface area contributed by atoms with Crippen LogP contribution in [0.3, 0.4) is 0 Å². The maximum atomic E-state index is 9.90. The second-order valence-electron chi connectivity index (χ2n) is 5.57. The van der Waals surface area contributed by atoms with Gasteiger partial charge < -0.3 is 24.8 Å². The largest absolute Gasteiger partial charge is 0.388 e. The Labute approximate surface area is 145 Å². The Bertz CT molecular complexity index is 527. The molecule has 2 rings (SSSR count). The minimum Gasteiger partial charge on any atom is -0.388 e. The van der Waals surface area contributed by atoms with E-state index in [2.05, 4.69) is 10.3 Å². The lowest BCUT2D eigenvalue weighted by atomic mass is 10.0. The molecule has 9 heteroatoms. The van der Waals surface area contributed by atoms with Gasteiger partial charge in [0.1, 0.15) is 29.4 Å². The zero-order chi connectivity index (χ0) is 17.5. The van der Waals surface area contributed by atoms with Gasteiger partial charge in [0.2, 0.25) is 0 Å². The van der Waals surface area contributed by atoms with Crippen molar-refractivity contribution in [1.29, 1.82) is 0 Å². The number of aliphatic hydroxyl groups is 3. The third kappa shape index (κ3) is 5.27. The summed E-state index contributed by atoms with van der Waals surface area (Å²) in [6.07, 6.45) is 1.77. The third-order valence-corrected chi connectivity index (χ3v) is 4.81. The third-order valence-electron chi connectivity index (χ3n) is 3.71. The number of hydrogen-bond acceptors (Lipinski definition) is 8. The van der Waals surface area contributed by atoms with E-state index in [0.29, 0.717) is 19.0 Å². The SMILES string of the molecule is CCn1cc(COC/C=C/CS[C@@H]2OC(C)[C@@H](O)C(O)C2O)nn1. The van der Waals surface area contributed by atoms with E-state index in [-0.39, 0.29) is 0 Å². The van der Waals surface area contributed by atoms with Gasteiger partial charge in [-0.2, -0.15) is 0 Å². The highest BCUT2D eigenvalue weighted by Crippen LogP contribution is 2.28. The van der Waals surface area contributed by atoms with Crippen molar-refractivity contribution < 1.29 is 24.8 Å². The maximum Gasteiger partial charge on any atom is 0.132 e. The molecule has 3 unspecified atom stereocenters. The highest BCUT2D eigenvalue weighted by molar-refractivity contribution is 7.99. The van der Waals surface area contributed by atoms with Crippen LogP contribution >= 0.6 is 11.8 Å². The van der Waals surface area contributed by atoms with Gasteiger partial charge >= 0.3 is 0 Å². The lowest BCUT2D eigenvalue weighted by molar-refractivity contribution is -0.192. The van der Waals surface area contributed by atoms with Crippen LogP contribution in [0, 0.1) is 0 Å². The standard InChI is InChI=1S/C15H25N3O5S/c1-3-18-8-11(16-17-18)9-22-6-4-5-7-24-15-14(21)13(20)12(19)10(2)23-15/h4-5,8,10,12-15,19-21H,3,6-7,9H2,1-2H3/b5-4+/t10?,12-,13?,14?,15+/m1/s1. The van der Waals surface area contributed by atoms with Crippen molar-refractivity contribution in [1.82, 2.24) is 15.0 Å². The first kappa shape index (κ1) is 19.4. The molecule has 3 N–H and O–H groups in total. The Hall–Kier alpha value is -0.970. The molecule has 1 aromatic rings. The van der Waals surface area contributed by atoms with E-state index in [0.717, 1.165) is 12.2 Å². The molecule has 0 aliphatic carbocycles. The lowest BCUT2D eigenvalue weighted by Gasteiger charge is -2.38. The van der Waals surface area contributed by atoms with Crippen molar-refractivity contribution in [3.63, 3.8) is 0 Å². The van der Waals surface area contributed by atoms with Gasteiger partial charge in [-0.25, -0.2) is 0 Å². The van der Waals surface area contributed by atoms with E-state index in [1.54, 1.807) is 11.6 Å².